The second-order valence-electron chi connectivity index (χ2n) is 6.99. The lowest BCUT2D eigenvalue weighted by atomic mass is 10.1. The van der Waals surface area contributed by atoms with Crippen LogP contribution in [0.15, 0.2) is 48.8 Å². The van der Waals surface area contributed by atoms with E-state index in [1.807, 2.05) is 24.3 Å². The number of pyridine rings is 1. The highest BCUT2D eigenvalue weighted by atomic mass is 32.1. The van der Waals surface area contributed by atoms with Gasteiger partial charge in [-0.1, -0.05) is 18.6 Å². The number of aromatic nitrogens is 4. The summed E-state index contributed by atoms with van der Waals surface area (Å²) in [6, 6.07) is 10.9. The van der Waals surface area contributed by atoms with Gasteiger partial charge < -0.3 is 10.3 Å². The van der Waals surface area contributed by atoms with Gasteiger partial charge in [-0.25, -0.2) is 14.4 Å². The molecule has 30 heavy (non-hydrogen) atoms. The highest BCUT2D eigenvalue weighted by molar-refractivity contribution is 7.13. The monoisotopic (exact) mass is 423 g/mol. The number of aromatic amines is 1. The lowest BCUT2D eigenvalue weighted by molar-refractivity contribution is 0.0954. The summed E-state index contributed by atoms with van der Waals surface area (Å²) in [5, 5.41) is 3.63. The van der Waals surface area contributed by atoms with Crippen molar-refractivity contribution in [2.75, 3.05) is 0 Å². The van der Waals surface area contributed by atoms with Gasteiger partial charge in [0.2, 0.25) is 0 Å². The normalized spacial score (nSPS) is 11.1. The van der Waals surface area contributed by atoms with Crippen molar-refractivity contribution in [2.45, 2.75) is 38.6 Å². The average Bonchev–Trinajstić information content (AvgIpc) is 3.39. The van der Waals surface area contributed by atoms with Gasteiger partial charge in [0.1, 0.15) is 16.5 Å². The number of aryl methyl sites for hydroxylation is 2. The van der Waals surface area contributed by atoms with E-state index in [9.17, 15) is 9.18 Å². The van der Waals surface area contributed by atoms with Crippen LogP contribution in [0, 0.1) is 5.82 Å². The molecule has 8 heteroatoms. The van der Waals surface area contributed by atoms with Crippen LogP contribution in [-0.2, 0) is 19.4 Å². The molecule has 0 saturated carbocycles. The number of nitrogens with zero attached hydrogens (tertiary/aromatic N) is 3. The van der Waals surface area contributed by atoms with E-state index in [1.54, 1.807) is 6.20 Å². The van der Waals surface area contributed by atoms with Crippen molar-refractivity contribution in [3.05, 3.63) is 76.0 Å². The number of benzene rings is 1. The smallest absolute Gasteiger partial charge is 0.263 e. The Morgan fingerprint density at radius 1 is 1.07 bits per heavy atom. The summed E-state index contributed by atoms with van der Waals surface area (Å²) in [7, 11) is 0. The van der Waals surface area contributed by atoms with Crippen LogP contribution in [0.25, 0.3) is 11.0 Å². The number of unbranched alkanes of at least 4 members (excludes halogenated alkanes) is 2. The highest BCUT2D eigenvalue weighted by Crippen LogP contribution is 2.17. The quantitative estimate of drug-likeness (QED) is 0.390. The summed E-state index contributed by atoms with van der Waals surface area (Å²) >= 11 is 1.38. The number of thiazole rings is 1. The molecule has 0 radical (unpaired) electrons. The van der Waals surface area contributed by atoms with Crippen LogP contribution in [0.2, 0.25) is 0 Å². The number of imidazole rings is 1. The Morgan fingerprint density at radius 3 is 2.80 bits per heavy atom. The number of halogens is 1. The zero-order valence-electron chi connectivity index (χ0n) is 16.4. The summed E-state index contributed by atoms with van der Waals surface area (Å²) in [5.41, 5.74) is 2.30. The number of fused-ring (bicyclic) bond motifs is 1. The number of para-hydroxylation sites is 2. The summed E-state index contributed by atoms with van der Waals surface area (Å²) in [6.07, 6.45) is 7.97. The number of carbonyl (C=O) groups is 1. The van der Waals surface area contributed by atoms with E-state index in [-0.39, 0.29) is 18.1 Å². The summed E-state index contributed by atoms with van der Waals surface area (Å²) in [6.45, 7) is 0.0561. The van der Waals surface area contributed by atoms with E-state index < -0.39 is 5.82 Å². The lowest BCUT2D eigenvalue weighted by Crippen LogP contribution is -2.23. The minimum atomic E-state index is -0.426. The SMILES string of the molecule is O=C(NCc1ncccc1F)c1cnc(CCCCCc2nc3ccccc3[nH]2)s1. The van der Waals surface area contributed by atoms with Crippen LogP contribution < -0.4 is 5.32 Å². The number of H-pyrrole nitrogens is 1. The van der Waals surface area contributed by atoms with Gasteiger partial charge in [0, 0.05) is 12.6 Å². The first-order chi connectivity index (χ1) is 14.7. The van der Waals surface area contributed by atoms with Crippen LogP contribution in [-0.4, -0.2) is 25.8 Å². The molecule has 0 spiro atoms. The van der Waals surface area contributed by atoms with Gasteiger partial charge in [0.05, 0.1) is 34.5 Å². The zero-order valence-corrected chi connectivity index (χ0v) is 17.2. The third-order valence-electron chi connectivity index (χ3n) is 4.77. The first-order valence-corrected chi connectivity index (χ1v) is 10.8. The molecule has 0 bridgehead atoms. The summed E-state index contributed by atoms with van der Waals surface area (Å²) in [5.74, 6) is 0.341. The molecule has 3 heterocycles. The van der Waals surface area contributed by atoms with Crippen molar-refractivity contribution in [3.8, 4) is 0 Å². The first kappa shape index (κ1) is 20.2. The number of hydrogen-bond acceptors (Lipinski definition) is 5. The van der Waals surface area contributed by atoms with Crippen molar-refractivity contribution < 1.29 is 9.18 Å². The second kappa shape index (κ2) is 9.58. The van der Waals surface area contributed by atoms with Crippen molar-refractivity contribution >= 4 is 28.3 Å². The van der Waals surface area contributed by atoms with Gasteiger partial charge in [-0.05, 0) is 43.5 Å². The maximum Gasteiger partial charge on any atom is 0.263 e. The molecule has 0 aliphatic carbocycles. The van der Waals surface area contributed by atoms with Crippen LogP contribution >= 0.6 is 11.3 Å². The molecule has 0 unspecified atom stereocenters. The molecule has 1 aromatic carbocycles. The largest absolute Gasteiger partial charge is 0.346 e. The van der Waals surface area contributed by atoms with Gasteiger partial charge >= 0.3 is 0 Å². The van der Waals surface area contributed by atoms with Gasteiger partial charge in [-0.15, -0.1) is 11.3 Å². The van der Waals surface area contributed by atoms with Gasteiger partial charge in [-0.3, -0.25) is 9.78 Å². The molecular formula is C22H22FN5OS. The topological polar surface area (TPSA) is 83.6 Å². The Morgan fingerprint density at radius 2 is 1.93 bits per heavy atom. The van der Waals surface area contributed by atoms with E-state index in [4.69, 9.17) is 0 Å². The molecule has 0 aliphatic rings. The summed E-state index contributed by atoms with van der Waals surface area (Å²) in [4.78, 5) is 29.0. The Labute approximate surface area is 177 Å². The van der Waals surface area contributed by atoms with E-state index in [0.717, 1.165) is 54.0 Å². The van der Waals surface area contributed by atoms with E-state index in [2.05, 4.69) is 25.3 Å². The van der Waals surface area contributed by atoms with Gasteiger partial charge in [0.25, 0.3) is 5.91 Å². The molecular weight excluding hydrogens is 401 g/mol. The van der Waals surface area contributed by atoms with Crippen LogP contribution in [0.3, 0.4) is 0 Å². The molecule has 4 rings (SSSR count). The molecule has 0 atom stereocenters. The first-order valence-electron chi connectivity index (χ1n) is 9.95. The summed E-state index contributed by atoms with van der Waals surface area (Å²) < 4.78 is 13.6. The molecule has 0 fully saturated rings. The molecule has 154 valence electrons. The standard InChI is InChI=1S/C22H22FN5OS/c23-15-7-6-12-24-18(15)13-26-22(29)19-14-25-21(30-19)11-3-1-2-10-20-27-16-8-4-5-9-17(16)28-20/h4-9,12,14H,1-3,10-11,13H2,(H,26,29)(H,27,28). The Hall–Kier alpha value is -3.13. The average molecular weight is 424 g/mol. The minimum absolute atomic E-state index is 0.0561. The zero-order chi connectivity index (χ0) is 20.8. The number of carbonyl (C=O) groups excluding carboxylic acids is 1. The number of rotatable bonds is 9. The molecule has 2 N–H and O–H groups in total. The number of amides is 1. The molecule has 1 amide bonds. The van der Waals surface area contributed by atoms with Crippen LogP contribution in [0.1, 0.15) is 45.5 Å². The second-order valence-corrected chi connectivity index (χ2v) is 8.11. The highest BCUT2D eigenvalue weighted by Gasteiger charge is 2.12. The molecule has 0 saturated heterocycles. The molecule has 4 aromatic rings. The van der Waals surface area contributed by atoms with Crippen molar-refractivity contribution in [1.29, 1.82) is 0 Å². The maximum atomic E-state index is 13.6. The predicted molar refractivity (Wildman–Crippen MR) is 115 cm³/mol. The Balaban J connectivity index is 1.19. The third-order valence-corrected chi connectivity index (χ3v) is 5.83. The fourth-order valence-corrected chi connectivity index (χ4v) is 4.08. The van der Waals surface area contributed by atoms with Crippen molar-refractivity contribution in [2.24, 2.45) is 0 Å². The fourth-order valence-electron chi connectivity index (χ4n) is 3.20. The van der Waals surface area contributed by atoms with Gasteiger partial charge in [-0.2, -0.15) is 0 Å². The van der Waals surface area contributed by atoms with E-state index in [0.29, 0.717) is 4.88 Å². The molecule has 3 aromatic heterocycles. The predicted octanol–water partition coefficient (Wildman–Crippen LogP) is 4.44. The van der Waals surface area contributed by atoms with E-state index in [1.165, 1.54) is 29.7 Å². The Bertz CT molecular complexity index is 1110. The van der Waals surface area contributed by atoms with Crippen molar-refractivity contribution in [1.82, 2.24) is 25.3 Å². The number of nitrogens with one attached hydrogen (secondary N) is 2. The maximum absolute atomic E-state index is 13.6. The van der Waals surface area contributed by atoms with E-state index >= 15 is 0 Å². The minimum Gasteiger partial charge on any atom is -0.346 e. The number of hydrogen-bond donors (Lipinski definition) is 2. The van der Waals surface area contributed by atoms with Gasteiger partial charge in [0.15, 0.2) is 0 Å². The Kier molecular flexibility index (Phi) is 6.44. The van der Waals surface area contributed by atoms with Crippen LogP contribution in [0.4, 0.5) is 4.39 Å². The third kappa shape index (κ3) is 5.07. The lowest BCUT2D eigenvalue weighted by Gasteiger charge is -2.03. The van der Waals surface area contributed by atoms with Crippen molar-refractivity contribution in [3.63, 3.8) is 0 Å². The van der Waals surface area contributed by atoms with Crippen LogP contribution in [0.5, 0.6) is 0 Å². The molecule has 6 nitrogen and oxygen atoms in total. The fraction of sp³-hybridized carbons (Fsp3) is 0.273. The molecule has 0 aliphatic heterocycles.